The number of allylic oxidation sites excluding steroid dienone is 1. The number of carbonyl (C=O) groups is 3. The van der Waals surface area contributed by atoms with Gasteiger partial charge in [0.15, 0.2) is 11.6 Å². The van der Waals surface area contributed by atoms with Crippen molar-refractivity contribution in [3.63, 3.8) is 0 Å². The van der Waals surface area contributed by atoms with Crippen LogP contribution in [0.1, 0.15) is 72.9 Å². The summed E-state index contributed by atoms with van der Waals surface area (Å²) >= 11 is 3.79. The van der Waals surface area contributed by atoms with Crippen LogP contribution < -0.4 is 4.90 Å². The number of rotatable bonds is 4. The predicted octanol–water partition coefficient (Wildman–Crippen LogP) is 6.27. The van der Waals surface area contributed by atoms with Gasteiger partial charge in [-0.15, -0.1) is 0 Å². The van der Waals surface area contributed by atoms with E-state index in [-0.39, 0.29) is 28.0 Å². The molecule has 0 aromatic heterocycles. The summed E-state index contributed by atoms with van der Waals surface area (Å²) in [5, 5.41) is 9.26. The summed E-state index contributed by atoms with van der Waals surface area (Å²) < 4.78 is 0.954. The molecule has 6 heteroatoms. The number of Topliss-reactive ketones (excluding diaryl/α,β-unsaturated/α-hetero) is 2. The summed E-state index contributed by atoms with van der Waals surface area (Å²) in [5.41, 5.74) is 5.02. The average molecular weight is 528 g/mol. The van der Waals surface area contributed by atoms with E-state index in [4.69, 9.17) is 0 Å². The number of ketones is 2. The van der Waals surface area contributed by atoms with Gasteiger partial charge in [0.1, 0.15) is 0 Å². The molecule has 3 aliphatic rings. The van der Waals surface area contributed by atoms with E-state index in [9.17, 15) is 19.5 Å². The molecule has 174 valence electrons. The fraction of sp³-hybridized carbons (Fsp3) is 0.207. The van der Waals surface area contributed by atoms with Crippen molar-refractivity contribution in [1.82, 2.24) is 0 Å². The molecule has 0 amide bonds. The summed E-state index contributed by atoms with van der Waals surface area (Å²) in [6.45, 7) is 0.840. The molecule has 0 spiro atoms. The molecule has 0 saturated heterocycles. The van der Waals surface area contributed by atoms with E-state index in [0.29, 0.717) is 12.0 Å². The van der Waals surface area contributed by atoms with Crippen molar-refractivity contribution in [2.24, 2.45) is 0 Å². The lowest BCUT2D eigenvalue weighted by atomic mass is 9.95. The van der Waals surface area contributed by atoms with Crippen molar-refractivity contribution >= 4 is 45.2 Å². The minimum absolute atomic E-state index is 0.00259. The number of benzene rings is 3. The summed E-state index contributed by atoms with van der Waals surface area (Å²) in [7, 11) is 0. The first-order valence-electron chi connectivity index (χ1n) is 11.7. The molecular weight excluding hydrogens is 506 g/mol. The third-order valence-corrected chi connectivity index (χ3v) is 8.04. The third kappa shape index (κ3) is 3.55. The number of nitrogens with zero attached hydrogens (tertiary/aromatic N) is 1. The van der Waals surface area contributed by atoms with Gasteiger partial charge in [0.2, 0.25) is 0 Å². The molecule has 5 nitrogen and oxygen atoms in total. The highest BCUT2D eigenvalue weighted by molar-refractivity contribution is 9.10. The van der Waals surface area contributed by atoms with E-state index in [2.05, 4.69) is 51.2 Å². The number of carboxylic acid groups (broad SMARTS) is 1. The third-order valence-electron chi connectivity index (χ3n) is 7.43. The van der Waals surface area contributed by atoms with Crippen LogP contribution in [0.3, 0.4) is 0 Å². The SMILES string of the molecule is O=C(O)c1ccc2c(c1)C(=O)/C(=C/c1cc(Br)c3c(c1)C1CCCC1N3Cc1ccccc1)C2=O. The van der Waals surface area contributed by atoms with Crippen LogP contribution in [0, 0.1) is 0 Å². The number of hydrogen-bond acceptors (Lipinski definition) is 4. The van der Waals surface area contributed by atoms with Gasteiger partial charge in [-0.2, -0.15) is 0 Å². The van der Waals surface area contributed by atoms with Crippen LogP contribution in [0.2, 0.25) is 0 Å². The van der Waals surface area contributed by atoms with Crippen molar-refractivity contribution in [2.45, 2.75) is 37.8 Å². The first-order chi connectivity index (χ1) is 16.9. The Morgan fingerprint density at radius 2 is 1.77 bits per heavy atom. The lowest BCUT2D eigenvalue weighted by molar-refractivity contribution is 0.0696. The van der Waals surface area contributed by atoms with Crippen molar-refractivity contribution < 1.29 is 19.5 Å². The molecule has 35 heavy (non-hydrogen) atoms. The zero-order chi connectivity index (χ0) is 24.3. The Kier molecular flexibility index (Phi) is 5.22. The van der Waals surface area contributed by atoms with E-state index in [1.165, 1.54) is 41.4 Å². The second-order valence-electron chi connectivity index (χ2n) is 9.44. The highest BCUT2D eigenvalue weighted by Gasteiger charge is 2.42. The standard InChI is InChI=1S/C29H22BrNO4/c30-24-13-17(12-23-27(32)20-10-9-18(29(34)35)14-22(20)28(23)33)11-21-19-7-4-8-25(19)31(26(21)24)15-16-5-2-1-3-6-16/h1-3,5-6,9-14,19,25H,4,7-8,15H2,(H,34,35)/b23-12+. The largest absolute Gasteiger partial charge is 0.478 e. The molecule has 2 atom stereocenters. The Morgan fingerprint density at radius 3 is 2.54 bits per heavy atom. The summed E-state index contributed by atoms with van der Waals surface area (Å²) in [5.74, 6) is -1.48. The number of anilines is 1. The first-order valence-corrected chi connectivity index (χ1v) is 12.5. The average Bonchev–Trinajstić information content (AvgIpc) is 3.50. The molecule has 1 fully saturated rings. The van der Waals surface area contributed by atoms with Gasteiger partial charge in [0.05, 0.1) is 16.8 Å². The zero-order valence-corrected chi connectivity index (χ0v) is 20.4. The van der Waals surface area contributed by atoms with Gasteiger partial charge in [0, 0.05) is 34.1 Å². The predicted molar refractivity (Wildman–Crippen MR) is 137 cm³/mol. The van der Waals surface area contributed by atoms with Crippen LogP contribution in [0.15, 0.2) is 70.7 Å². The summed E-state index contributed by atoms with van der Waals surface area (Å²) in [6, 6.07) is 19.1. The highest BCUT2D eigenvalue weighted by atomic mass is 79.9. The number of halogens is 1. The van der Waals surface area contributed by atoms with E-state index in [1.54, 1.807) is 6.08 Å². The molecule has 0 radical (unpaired) electrons. The Morgan fingerprint density at radius 1 is 1.00 bits per heavy atom. The summed E-state index contributed by atoms with van der Waals surface area (Å²) in [4.78, 5) is 39.9. The number of carboxylic acids is 1. The fourth-order valence-corrected chi connectivity index (χ4v) is 6.60. The molecule has 1 N–H and O–H groups in total. The van der Waals surface area contributed by atoms with E-state index in [0.717, 1.165) is 29.4 Å². The molecule has 1 aliphatic heterocycles. The first kappa shape index (κ1) is 22.0. The maximum atomic E-state index is 13.0. The number of fused-ring (bicyclic) bond motifs is 4. The lowest BCUT2D eigenvalue weighted by Crippen LogP contribution is -2.30. The number of aromatic carboxylic acids is 1. The minimum Gasteiger partial charge on any atom is -0.478 e. The fourth-order valence-electron chi connectivity index (χ4n) is 5.88. The van der Waals surface area contributed by atoms with Gasteiger partial charge in [-0.1, -0.05) is 36.8 Å². The Bertz CT molecular complexity index is 1440. The van der Waals surface area contributed by atoms with E-state index < -0.39 is 11.8 Å². The van der Waals surface area contributed by atoms with Crippen molar-refractivity contribution in [2.75, 3.05) is 4.90 Å². The van der Waals surface area contributed by atoms with Crippen LogP contribution in [-0.2, 0) is 6.54 Å². The van der Waals surface area contributed by atoms with Crippen LogP contribution in [-0.4, -0.2) is 28.7 Å². The molecule has 0 bridgehead atoms. The molecular formula is C29H22BrNO4. The van der Waals surface area contributed by atoms with Gasteiger partial charge in [-0.25, -0.2) is 4.79 Å². The van der Waals surface area contributed by atoms with Crippen LogP contribution in [0.25, 0.3) is 6.08 Å². The van der Waals surface area contributed by atoms with Gasteiger partial charge >= 0.3 is 5.97 Å². The van der Waals surface area contributed by atoms with E-state index >= 15 is 0 Å². The number of hydrogen-bond donors (Lipinski definition) is 1. The van der Waals surface area contributed by atoms with Crippen molar-refractivity contribution in [3.05, 3.63) is 104 Å². The van der Waals surface area contributed by atoms with Crippen LogP contribution in [0.4, 0.5) is 5.69 Å². The highest BCUT2D eigenvalue weighted by Crippen LogP contribution is 2.53. The maximum Gasteiger partial charge on any atom is 0.335 e. The Hall–Kier alpha value is -3.51. The van der Waals surface area contributed by atoms with Crippen LogP contribution in [0.5, 0.6) is 0 Å². The molecule has 3 aromatic carbocycles. The zero-order valence-electron chi connectivity index (χ0n) is 18.8. The molecule has 3 aromatic rings. The Balaban J connectivity index is 1.39. The lowest BCUT2D eigenvalue weighted by Gasteiger charge is -2.28. The second kappa shape index (κ2) is 8.31. The van der Waals surface area contributed by atoms with Gasteiger partial charge in [-0.3, -0.25) is 9.59 Å². The minimum atomic E-state index is -1.13. The molecule has 2 unspecified atom stereocenters. The van der Waals surface area contributed by atoms with E-state index in [1.807, 2.05) is 12.1 Å². The van der Waals surface area contributed by atoms with Crippen molar-refractivity contribution in [3.8, 4) is 0 Å². The molecule has 1 saturated carbocycles. The number of carbonyl (C=O) groups excluding carboxylic acids is 2. The second-order valence-corrected chi connectivity index (χ2v) is 10.3. The molecule has 6 rings (SSSR count). The van der Waals surface area contributed by atoms with Gasteiger partial charge in [0.25, 0.3) is 0 Å². The Labute approximate surface area is 211 Å². The molecule has 2 aliphatic carbocycles. The normalized spacial score (nSPS) is 21.4. The monoisotopic (exact) mass is 527 g/mol. The van der Waals surface area contributed by atoms with Crippen LogP contribution >= 0.6 is 15.9 Å². The smallest absolute Gasteiger partial charge is 0.335 e. The molecule has 1 heterocycles. The van der Waals surface area contributed by atoms with Crippen molar-refractivity contribution in [1.29, 1.82) is 0 Å². The summed E-state index contributed by atoms with van der Waals surface area (Å²) in [6.07, 6.45) is 5.10. The maximum absolute atomic E-state index is 13.0. The quantitative estimate of drug-likeness (QED) is 0.319. The topological polar surface area (TPSA) is 74.7 Å². The van der Waals surface area contributed by atoms with Gasteiger partial charge in [-0.05, 0) is 81.9 Å². The van der Waals surface area contributed by atoms with Gasteiger partial charge < -0.3 is 10.0 Å².